The number of rotatable bonds is 5. The molecule has 2 unspecified atom stereocenters. The fourth-order valence-corrected chi connectivity index (χ4v) is 3.53. The summed E-state index contributed by atoms with van der Waals surface area (Å²) in [6.45, 7) is 4.60. The Hall–Kier alpha value is -1.07. The van der Waals surface area contributed by atoms with Crippen LogP contribution in [-0.2, 0) is 16.4 Å². The number of nitrogens with two attached hydrogens (primary N) is 1. The Morgan fingerprint density at radius 1 is 1.44 bits per heavy atom. The number of nitrogen functional groups attached to an aromatic ring is 1. The highest BCUT2D eigenvalue weighted by Crippen LogP contribution is 2.37. The fourth-order valence-electron chi connectivity index (χ4n) is 2.09. The molecule has 0 heterocycles. The Balaban J connectivity index is 2.20. The van der Waals surface area contributed by atoms with Crippen molar-refractivity contribution in [3.63, 3.8) is 0 Å². The van der Waals surface area contributed by atoms with E-state index in [2.05, 4.69) is 11.6 Å². The Bertz CT molecular complexity index is 540. The summed E-state index contributed by atoms with van der Waals surface area (Å²) in [5, 5.41) is 0. The minimum atomic E-state index is -3.43. The third-order valence-electron chi connectivity index (χ3n) is 3.57. The van der Waals surface area contributed by atoms with E-state index in [1.807, 2.05) is 6.92 Å². The molecule has 5 heteroatoms. The molecule has 1 aliphatic carbocycles. The number of hydrogen-bond acceptors (Lipinski definition) is 3. The molecule has 3 N–H and O–H groups in total. The summed E-state index contributed by atoms with van der Waals surface area (Å²) in [4.78, 5) is 0.318. The largest absolute Gasteiger partial charge is 0.399 e. The predicted molar refractivity (Wildman–Crippen MR) is 72.7 cm³/mol. The van der Waals surface area contributed by atoms with Crippen molar-refractivity contribution in [1.82, 2.24) is 4.72 Å². The van der Waals surface area contributed by atoms with E-state index < -0.39 is 10.0 Å². The highest BCUT2D eigenvalue weighted by atomic mass is 32.2. The Morgan fingerprint density at radius 3 is 2.67 bits per heavy atom. The van der Waals surface area contributed by atoms with Crippen molar-refractivity contribution in [2.75, 3.05) is 12.3 Å². The van der Waals surface area contributed by atoms with E-state index in [9.17, 15) is 8.42 Å². The first-order valence-corrected chi connectivity index (χ1v) is 7.80. The van der Waals surface area contributed by atoms with Gasteiger partial charge in [-0.15, -0.1) is 0 Å². The molecule has 1 aromatic rings. The molecule has 1 aromatic carbocycles. The molecule has 0 aliphatic heterocycles. The van der Waals surface area contributed by atoms with E-state index in [1.165, 1.54) is 6.07 Å². The molecule has 1 fully saturated rings. The van der Waals surface area contributed by atoms with Crippen LogP contribution in [0.2, 0.25) is 0 Å². The molecule has 4 nitrogen and oxygen atoms in total. The lowest BCUT2D eigenvalue weighted by molar-refractivity contribution is 0.573. The van der Waals surface area contributed by atoms with Gasteiger partial charge in [0, 0.05) is 12.2 Å². The molecule has 1 saturated carbocycles. The summed E-state index contributed by atoms with van der Waals surface area (Å²) in [6, 6.07) is 5.06. The monoisotopic (exact) mass is 268 g/mol. The molecule has 18 heavy (non-hydrogen) atoms. The molecule has 100 valence electrons. The molecule has 0 amide bonds. The van der Waals surface area contributed by atoms with Gasteiger partial charge in [-0.1, -0.05) is 19.9 Å². The van der Waals surface area contributed by atoms with Crippen LogP contribution < -0.4 is 10.5 Å². The molecule has 1 aliphatic rings. The van der Waals surface area contributed by atoms with Gasteiger partial charge in [0.1, 0.15) is 0 Å². The van der Waals surface area contributed by atoms with Crippen LogP contribution in [0.1, 0.15) is 25.8 Å². The van der Waals surface area contributed by atoms with Gasteiger partial charge in [0.05, 0.1) is 4.90 Å². The quantitative estimate of drug-likeness (QED) is 0.799. The van der Waals surface area contributed by atoms with Crippen molar-refractivity contribution < 1.29 is 8.42 Å². The van der Waals surface area contributed by atoms with Crippen molar-refractivity contribution >= 4 is 15.7 Å². The summed E-state index contributed by atoms with van der Waals surface area (Å²) in [7, 11) is -3.43. The van der Waals surface area contributed by atoms with Gasteiger partial charge in [0.2, 0.25) is 10.0 Å². The Morgan fingerprint density at radius 2 is 2.11 bits per heavy atom. The SMILES string of the molecule is CCc1ccc(N)cc1S(=O)(=O)NCC1CC1C. The third-order valence-corrected chi connectivity index (χ3v) is 5.08. The highest BCUT2D eigenvalue weighted by molar-refractivity contribution is 7.89. The van der Waals surface area contributed by atoms with Crippen molar-refractivity contribution in [1.29, 1.82) is 0 Å². The van der Waals surface area contributed by atoms with Crippen molar-refractivity contribution in [2.24, 2.45) is 11.8 Å². The molecule has 0 spiro atoms. The fraction of sp³-hybridized carbons (Fsp3) is 0.538. The second kappa shape index (κ2) is 4.90. The summed E-state index contributed by atoms with van der Waals surface area (Å²) in [5.41, 5.74) is 6.96. The van der Waals surface area contributed by atoms with Gasteiger partial charge in [-0.3, -0.25) is 0 Å². The number of nitrogens with one attached hydrogen (secondary N) is 1. The molecule has 0 aromatic heterocycles. The average Bonchev–Trinajstić information content (AvgIpc) is 3.03. The van der Waals surface area contributed by atoms with Crippen LogP contribution in [0.25, 0.3) is 0 Å². The van der Waals surface area contributed by atoms with Gasteiger partial charge in [-0.05, 0) is 42.4 Å². The minimum Gasteiger partial charge on any atom is -0.399 e. The van der Waals surface area contributed by atoms with Gasteiger partial charge < -0.3 is 5.73 Å². The average molecular weight is 268 g/mol. The highest BCUT2D eigenvalue weighted by Gasteiger charge is 2.33. The van der Waals surface area contributed by atoms with Crippen molar-refractivity contribution in [2.45, 2.75) is 31.6 Å². The summed E-state index contributed by atoms with van der Waals surface area (Å²) in [5.74, 6) is 1.13. The maximum Gasteiger partial charge on any atom is 0.240 e. The van der Waals surface area contributed by atoms with E-state index in [1.54, 1.807) is 12.1 Å². The van der Waals surface area contributed by atoms with Crippen LogP contribution in [-0.4, -0.2) is 15.0 Å². The first kappa shape index (κ1) is 13.4. The lowest BCUT2D eigenvalue weighted by Crippen LogP contribution is -2.27. The van der Waals surface area contributed by atoms with Gasteiger partial charge >= 0.3 is 0 Å². The normalized spacial score (nSPS) is 23.0. The molecule has 2 atom stereocenters. The number of sulfonamides is 1. The topological polar surface area (TPSA) is 72.2 Å². The van der Waals surface area contributed by atoms with Gasteiger partial charge in [-0.2, -0.15) is 0 Å². The molecule has 2 rings (SSSR count). The van der Waals surface area contributed by atoms with Gasteiger partial charge in [0.15, 0.2) is 0 Å². The van der Waals surface area contributed by atoms with Gasteiger partial charge in [-0.25, -0.2) is 13.1 Å². The Labute approximate surface area is 109 Å². The van der Waals surface area contributed by atoms with Crippen LogP contribution in [0.5, 0.6) is 0 Å². The maximum absolute atomic E-state index is 12.2. The zero-order chi connectivity index (χ0) is 13.3. The lowest BCUT2D eigenvalue weighted by atomic mass is 10.1. The molecule has 0 radical (unpaired) electrons. The van der Waals surface area contributed by atoms with Crippen molar-refractivity contribution in [3.05, 3.63) is 23.8 Å². The van der Waals surface area contributed by atoms with Crippen LogP contribution in [0, 0.1) is 11.8 Å². The zero-order valence-electron chi connectivity index (χ0n) is 10.8. The zero-order valence-corrected chi connectivity index (χ0v) is 11.6. The molecule has 0 bridgehead atoms. The summed E-state index contributed by atoms with van der Waals surface area (Å²) in [6.07, 6.45) is 1.79. The molecular weight excluding hydrogens is 248 g/mol. The second-order valence-electron chi connectivity index (χ2n) is 5.05. The van der Waals surface area contributed by atoms with E-state index in [0.717, 1.165) is 12.0 Å². The molecule has 0 saturated heterocycles. The van der Waals surface area contributed by atoms with Crippen LogP contribution in [0.3, 0.4) is 0 Å². The van der Waals surface area contributed by atoms with E-state index in [0.29, 0.717) is 35.4 Å². The first-order valence-electron chi connectivity index (χ1n) is 6.32. The minimum absolute atomic E-state index is 0.318. The smallest absolute Gasteiger partial charge is 0.240 e. The van der Waals surface area contributed by atoms with Gasteiger partial charge in [0.25, 0.3) is 0 Å². The summed E-state index contributed by atoms with van der Waals surface area (Å²) < 4.78 is 27.2. The number of anilines is 1. The van der Waals surface area contributed by atoms with E-state index in [4.69, 9.17) is 5.73 Å². The molecular formula is C13H20N2O2S. The van der Waals surface area contributed by atoms with Crippen molar-refractivity contribution in [3.8, 4) is 0 Å². The van der Waals surface area contributed by atoms with E-state index >= 15 is 0 Å². The van der Waals surface area contributed by atoms with E-state index in [-0.39, 0.29) is 0 Å². The first-order chi connectivity index (χ1) is 8.44. The van der Waals surface area contributed by atoms with Crippen LogP contribution in [0.4, 0.5) is 5.69 Å². The predicted octanol–water partition coefficient (Wildman–Crippen LogP) is 1.77. The van der Waals surface area contributed by atoms with Crippen LogP contribution >= 0.6 is 0 Å². The lowest BCUT2D eigenvalue weighted by Gasteiger charge is -2.11. The summed E-state index contributed by atoms with van der Waals surface area (Å²) >= 11 is 0. The number of benzene rings is 1. The maximum atomic E-state index is 12.2. The number of aryl methyl sites for hydroxylation is 1. The number of hydrogen-bond donors (Lipinski definition) is 2. The van der Waals surface area contributed by atoms with Crippen LogP contribution in [0.15, 0.2) is 23.1 Å². The third kappa shape index (κ3) is 2.84. The Kier molecular flexibility index (Phi) is 3.64. The second-order valence-corrected chi connectivity index (χ2v) is 6.78. The standard InChI is InChI=1S/C13H20N2O2S/c1-3-10-4-5-12(14)7-13(10)18(16,17)15-8-11-6-9(11)2/h4-5,7,9,11,15H,3,6,8,14H2,1-2H3.